The number of ether oxygens (including phenoxy) is 2. The van der Waals surface area contributed by atoms with Crippen molar-refractivity contribution in [2.45, 2.75) is 57.1 Å². The fraction of sp³-hybridized carbons (Fsp3) is 0.385. The Labute approximate surface area is 186 Å². The van der Waals surface area contributed by atoms with Gasteiger partial charge in [0.15, 0.2) is 6.10 Å². The van der Waals surface area contributed by atoms with Gasteiger partial charge in [0.2, 0.25) is 0 Å². The quantitative estimate of drug-likeness (QED) is 0.556. The third-order valence-corrected chi connectivity index (χ3v) is 6.42. The molecule has 1 fully saturated rings. The summed E-state index contributed by atoms with van der Waals surface area (Å²) in [6.07, 6.45) is 6.83. The van der Waals surface area contributed by atoms with Gasteiger partial charge in [-0.05, 0) is 54.2 Å². The highest BCUT2D eigenvalue weighted by Crippen LogP contribution is 2.33. The fourth-order valence-electron chi connectivity index (χ4n) is 4.71. The van der Waals surface area contributed by atoms with E-state index in [-0.39, 0.29) is 17.5 Å². The SMILES string of the molecule is O=c1cc(Cc2ccc(F)cc2)n2c(n1)O[C@H](COc1ccc(C3CCCCC3)cc1)C2. The van der Waals surface area contributed by atoms with E-state index in [1.165, 1.54) is 55.9 Å². The van der Waals surface area contributed by atoms with Crippen molar-refractivity contribution >= 4 is 0 Å². The molecule has 1 aliphatic heterocycles. The highest BCUT2D eigenvalue weighted by molar-refractivity contribution is 5.30. The Morgan fingerprint density at radius 3 is 2.53 bits per heavy atom. The summed E-state index contributed by atoms with van der Waals surface area (Å²) in [5.74, 6) is 1.21. The molecule has 32 heavy (non-hydrogen) atoms. The van der Waals surface area contributed by atoms with Crippen LogP contribution in [0.3, 0.4) is 0 Å². The van der Waals surface area contributed by atoms with Gasteiger partial charge < -0.3 is 9.47 Å². The van der Waals surface area contributed by atoms with Crippen molar-refractivity contribution in [2.24, 2.45) is 0 Å². The van der Waals surface area contributed by atoms with Crippen LogP contribution < -0.4 is 15.0 Å². The van der Waals surface area contributed by atoms with Gasteiger partial charge in [0, 0.05) is 18.2 Å². The van der Waals surface area contributed by atoms with Crippen LogP contribution in [0.1, 0.15) is 54.8 Å². The predicted octanol–water partition coefficient (Wildman–Crippen LogP) is 4.86. The highest BCUT2D eigenvalue weighted by atomic mass is 19.1. The largest absolute Gasteiger partial charge is 0.490 e. The molecule has 2 aliphatic rings. The topological polar surface area (TPSA) is 53.4 Å². The molecule has 0 saturated heterocycles. The molecule has 3 aromatic rings. The normalized spacial score (nSPS) is 18.2. The molecular formula is C26H27FN2O3. The molecule has 1 aliphatic carbocycles. The van der Waals surface area contributed by atoms with E-state index in [1.807, 2.05) is 16.7 Å². The van der Waals surface area contributed by atoms with Gasteiger partial charge in [0.25, 0.3) is 11.6 Å². The highest BCUT2D eigenvalue weighted by Gasteiger charge is 2.26. The molecule has 0 N–H and O–H groups in total. The second-order valence-electron chi connectivity index (χ2n) is 8.74. The summed E-state index contributed by atoms with van der Waals surface area (Å²) in [4.78, 5) is 16.1. The zero-order valence-corrected chi connectivity index (χ0v) is 18.0. The molecule has 5 rings (SSSR count). The van der Waals surface area contributed by atoms with Crippen LogP contribution in [0, 0.1) is 5.82 Å². The van der Waals surface area contributed by atoms with Gasteiger partial charge in [-0.2, -0.15) is 4.98 Å². The van der Waals surface area contributed by atoms with Crippen molar-refractivity contribution in [3.8, 4) is 11.8 Å². The van der Waals surface area contributed by atoms with Crippen molar-refractivity contribution in [1.82, 2.24) is 9.55 Å². The number of halogens is 1. The minimum absolute atomic E-state index is 0.228. The zero-order chi connectivity index (χ0) is 21.9. The van der Waals surface area contributed by atoms with Crippen molar-refractivity contribution < 1.29 is 13.9 Å². The third kappa shape index (κ3) is 4.69. The second-order valence-corrected chi connectivity index (χ2v) is 8.74. The van der Waals surface area contributed by atoms with E-state index in [0.717, 1.165) is 17.0 Å². The summed E-state index contributed by atoms with van der Waals surface area (Å²) >= 11 is 0. The number of benzene rings is 2. The van der Waals surface area contributed by atoms with E-state index in [9.17, 15) is 9.18 Å². The average Bonchev–Trinajstić information content (AvgIpc) is 3.23. The van der Waals surface area contributed by atoms with Crippen LogP contribution in [0.5, 0.6) is 11.8 Å². The van der Waals surface area contributed by atoms with E-state index in [2.05, 4.69) is 17.1 Å². The van der Waals surface area contributed by atoms with Crippen molar-refractivity contribution in [3.05, 3.63) is 87.6 Å². The average molecular weight is 435 g/mol. The molecule has 0 unspecified atom stereocenters. The Kier molecular flexibility index (Phi) is 5.93. The van der Waals surface area contributed by atoms with Crippen LogP contribution >= 0.6 is 0 Å². The molecule has 1 atom stereocenters. The third-order valence-electron chi connectivity index (χ3n) is 6.42. The van der Waals surface area contributed by atoms with Crippen LogP contribution in [0.2, 0.25) is 0 Å². The van der Waals surface area contributed by atoms with Gasteiger partial charge in [-0.3, -0.25) is 9.36 Å². The molecule has 1 aromatic heterocycles. The lowest BCUT2D eigenvalue weighted by atomic mass is 9.84. The van der Waals surface area contributed by atoms with Crippen molar-refractivity contribution in [1.29, 1.82) is 0 Å². The summed E-state index contributed by atoms with van der Waals surface area (Å²) in [5, 5.41) is 0. The van der Waals surface area contributed by atoms with E-state index >= 15 is 0 Å². The number of nitrogens with zero attached hydrogens (tertiary/aromatic N) is 2. The lowest BCUT2D eigenvalue weighted by Gasteiger charge is -2.22. The van der Waals surface area contributed by atoms with Gasteiger partial charge in [0.1, 0.15) is 18.2 Å². The molecule has 1 saturated carbocycles. The van der Waals surface area contributed by atoms with E-state index in [0.29, 0.717) is 31.5 Å². The molecule has 0 radical (unpaired) electrons. The summed E-state index contributed by atoms with van der Waals surface area (Å²) in [5.41, 5.74) is 2.78. The Balaban J connectivity index is 1.22. The van der Waals surface area contributed by atoms with Crippen LogP contribution in [0.4, 0.5) is 4.39 Å². The Morgan fingerprint density at radius 1 is 1.03 bits per heavy atom. The molecular weight excluding hydrogens is 407 g/mol. The minimum atomic E-state index is -0.340. The first-order chi connectivity index (χ1) is 15.6. The Bertz CT molecular complexity index is 1120. The van der Waals surface area contributed by atoms with E-state index in [1.54, 1.807) is 12.1 Å². The molecule has 6 heteroatoms. The monoisotopic (exact) mass is 434 g/mol. The van der Waals surface area contributed by atoms with Crippen LogP contribution in [0.15, 0.2) is 59.4 Å². The fourth-order valence-corrected chi connectivity index (χ4v) is 4.71. The zero-order valence-electron chi connectivity index (χ0n) is 18.0. The predicted molar refractivity (Wildman–Crippen MR) is 120 cm³/mol. The number of hydrogen-bond donors (Lipinski definition) is 0. The van der Waals surface area contributed by atoms with Gasteiger partial charge >= 0.3 is 0 Å². The number of hydrogen-bond acceptors (Lipinski definition) is 4. The maximum Gasteiger partial charge on any atom is 0.300 e. The lowest BCUT2D eigenvalue weighted by Crippen LogP contribution is -2.23. The first-order valence-electron chi connectivity index (χ1n) is 11.4. The standard InChI is InChI=1S/C26H27FN2O3/c27-21-10-6-18(7-11-21)14-22-15-25(30)28-26-29(22)16-24(32-26)17-31-23-12-8-20(9-13-23)19-4-2-1-3-5-19/h6-13,15,19,24H,1-5,14,16-17H2/t24-/m0/s1. The molecule has 5 nitrogen and oxygen atoms in total. The smallest absolute Gasteiger partial charge is 0.300 e. The summed E-state index contributed by atoms with van der Waals surface area (Å²) in [6.45, 7) is 0.926. The Hall–Kier alpha value is -3.15. The molecule has 0 amide bonds. The van der Waals surface area contributed by atoms with Crippen molar-refractivity contribution in [3.63, 3.8) is 0 Å². The first kappa shape index (κ1) is 20.7. The molecule has 0 bridgehead atoms. The van der Waals surface area contributed by atoms with Gasteiger partial charge in [-0.25, -0.2) is 4.39 Å². The van der Waals surface area contributed by atoms with E-state index < -0.39 is 0 Å². The number of fused-ring (bicyclic) bond motifs is 1. The van der Waals surface area contributed by atoms with Crippen LogP contribution in [0.25, 0.3) is 0 Å². The number of aromatic nitrogens is 2. The minimum Gasteiger partial charge on any atom is -0.490 e. The maximum absolute atomic E-state index is 13.2. The first-order valence-corrected chi connectivity index (χ1v) is 11.4. The van der Waals surface area contributed by atoms with Crippen LogP contribution in [-0.2, 0) is 13.0 Å². The van der Waals surface area contributed by atoms with Crippen LogP contribution in [-0.4, -0.2) is 22.3 Å². The number of rotatable bonds is 6. The molecule has 2 heterocycles. The molecule has 2 aromatic carbocycles. The summed E-state index contributed by atoms with van der Waals surface area (Å²) in [7, 11) is 0. The van der Waals surface area contributed by atoms with Gasteiger partial charge in [0.05, 0.1) is 6.54 Å². The van der Waals surface area contributed by atoms with E-state index in [4.69, 9.17) is 9.47 Å². The maximum atomic E-state index is 13.2. The lowest BCUT2D eigenvalue weighted by molar-refractivity contribution is 0.143. The Morgan fingerprint density at radius 2 is 1.78 bits per heavy atom. The second kappa shape index (κ2) is 9.15. The molecule has 166 valence electrons. The molecule has 0 spiro atoms. The summed E-state index contributed by atoms with van der Waals surface area (Å²) < 4.78 is 27.0. The van der Waals surface area contributed by atoms with Gasteiger partial charge in [-0.1, -0.05) is 43.5 Å². The van der Waals surface area contributed by atoms with Gasteiger partial charge in [-0.15, -0.1) is 0 Å². The summed E-state index contributed by atoms with van der Waals surface area (Å²) in [6, 6.07) is 16.5. The van der Waals surface area contributed by atoms with Crippen molar-refractivity contribution in [2.75, 3.05) is 6.61 Å².